The van der Waals surface area contributed by atoms with E-state index < -0.39 is 17.5 Å². The van der Waals surface area contributed by atoms with Crippen molar-refractivity contribution >= 4 is 29.0 Å². The summed E-state index contributed by atoms with van der Waals surface area (Å²) >= 11 is 11.9. The molecule has 0 aliphatic carbocycles. The van der Waals surface area contributed by atoms with Crippen LogP contribution in [-0.4, -0.2) is 5.78 Å². The normalized spacial score (nSPS) is 12.9. The van der Waals surface area contributed by atoms with E-state index in [9.17, 15) is 18.0 Å². The Kier molecular flexibility index (Phi) is 5.94. The van der Waals surface area contributed by atoms with Crippen LogP contribution in [0.25, 0.3) is 0 Å². The van der Waals surface area contributed by atoms with E-state index in [-0.39, 0.29) is 17.9 Å². The van der Waals surface area contributed by atoms with E-state index in [1.165, 1.54) is 18.2 Å². The summed E-state index contributed by atoms with van der Waals surface area (Å²) in [6.07, 6.45) is -4.06. The minimum Gasteiger partial charge on any atom is -0.294 e. The number of carbonyl (C=O) groups is 1. The molecule has 24 heavy (non-hydrogen) atoms. The summed E-state index contributed by atoms with van der Waals surface area (Å²) in [6.45, 7) is 1.80. The van der Waals surface area contributed by atoms with Crippen molar-refractivity contribution in [3.8, 4) is 0 Å². The van der Waals surface area contributed by atoms with Crippen LogP contribution < -0.4 is 0 Å². The van der Waals surface area contributed by atoms with Crippen molar-refractivity contribution in [2.45, 2.75) is 25.9 Å². The van der Waals surface area contributed by atoms with Crippen molar-refractivity contribution in [3.63, 3.8) is 0 Å². The van der Waals surface area contributed by atoms with E-state index in [1.807, 2.05) is 0 Å². The molecule has 0 amide bonds. The van der Waals surface area contributed by atoms with Crippen LogP contribution in [0.4, 0.5) is 13.2 Å². The molecule has 0 radical (unpaired) electrons. The molecule has 2 aromatic rings. The molecule has 0 aliphatic heterocycles. The van der Waals surface area contributed by atoms with Gasteiger partial charge in [0.1, 0.15) is 0 Å². The highest BCUT2D eigenvalue weighted by Crippen LogP contribution is 2.33. The van der Waals surface area contributed by atoms with Gasteiger partial charge in [0, 0.05) is 22.0 Å². The number of Topliss-reactive ketones (excluding diaryl/α,β-unsaturated/α-hetero) is 1. The molecule has 0 saturated heterocycles. The van der Waals surface area contributed by atoms with Crippen molar-refractivity contribution in [1.29, 1.82) is 0 Å². The van der Waals surface area contributed by atoms with Crippen LogP contribution in [0.5, 0.6) is 0 Å². The van der Waals surface area contributed by atoms with Gasteiger partial charge in [-0.15, -0.1) is 0 Å². The number of benzene rings is 2. The standard InChI is InChI=1S/C18H15Cl2F3O/c1-11(8-12-6-7-13(19)10-16(12)20)9-17(24)14-4-2-3-5-15(14)18(21,22)23/h2-7,10-11H,8-9H2,1H3. The molecule has 0 aromatic heterocycles. The number of rotatable bonds is 5. The maximum atomic E-state index is 13.0. The Balaban J connectivity index is 2.12. The van der Waals surface area contributed by atoms with Crippen LogP contribution in [0.2, 0.25) is 10.0 Å². The van der Waals surface area contributed by atoms with E-state index >= 15 is 0 Å². The van der Waals surface area contributed by atoms with Crippen molar-refractivity contribution in [2.75, 3.05) is 0 Å². The SMILES string of the molecule is CC(CC(=O)c1ccccc1C(F)(F)F)Cc1ccc(Cl)cc1Cl. The Morgan fingerprint density at radius 2 is 1.79 bits per heavy atom. The molecule has 0 fully saturated rings. The monoisotopic (exact) mass is 374 g/mol. The van der Waals surface area contributed by atoms with Crippen LogP contribution in [0, 0.1) is 5.92 Å². The molecular weight excluding hydrogens is 360 g/mol. The van der Waals surface area contributed by atoms with E-state index in [0.717, 1.165) is 11.6 Å². The minimum absolute atomic E-state index is 0.00600. The van der Waals surface area contributed by atoms with Crippen molar-refractivity contribution in [3.05, 3.63) is 69.2 Å². The summed E-state index contributed by atoms with van der Waals surface area (Å²) in [5.74, 6) is -0.682. The largest absolute Gasteiger partial charge is 0.417 e. The lowest BCUT2D eigenvalue weighted by Crippen LogP contribution is -2.15. The van der Waals surface area contributed by atoms with Gasteiger partial charge in [-0.1, -0.05) is 54.4 Å². The quantitative estimate of drug-likeness (QED) is 0.548. The lowest BCUT2D eigenvalue weighted by molar-refractivity contribution is -0.137. The van der Waals surface area contributed by atoms with Crippen molar-refractivity contribution in [2.24, 2.45) is 5.92 Å². The van der Waals surface area contributed by atoms with Gasteiger partial charge in [-0.05, 0) is 36.1 Å². The van der Waals surface area contributed by atoms with Crippen molar-refractivity contribution < 1.29 is 18.0 Å². The first kappa shape index (κ1) is 18.8. The smallest absolute Gasteiger partial charge is 0.294 e. The molecule has 1 nitrogen and oxygen atoms in total. The Morgan fingerprint density at radius 3 is 2.42 bits per heavy atom. The third-order valence-corrected chi connectivity index (χ3v) is 4.24. The maximum Gasteiger partial charge on any atom is 0.417 e. The van der Waals surface area contributed by atoms with Crippen molar-refractivity contribution in [1.82, 2.24) is 0 Å². The van der Waals surface area contributed by atoms with Crippen LogP contribution in [0.1, 0.15) is 34.8 Å². The Morgan fingerprint density at radius 1 is 1.12 bits per heavy atom. The second-order valence-corrected chi connectivity index (χ2v) is 6.56. The molecule has 0 N–H and O–H groups in total. The van der Waals surface area contributed by atoms with Gasteiger partial charge in [-0.2, -0.15) is 13.2 Å². The molecule has 2 aromatic carbocycles. The third-order valence-electron chi connectivity index (χ3n) is 3.65. The average Bonchev–Trinajstić information content (AvgIpc) is 2.49. The number of alkyl halides is 3. The fourth-order valence-corrected chi connectivity index (χ4v) is 3.02. The molecule has 0 spiro atoms. The van der Waals surface area contributed by atoms with Gasteiger partial charge in [0.25, 0.3) is 0 Å². The Bertz CT molecular complexity index is 741. The fraction of sp³-hybridized carbons (Fsp3) is 0.278. The number of halogens is 5. The van der Waals surface area contributed by atoms with Crippen LogP contribution in [-0.2, 0) is 12.6 Å². The molecule has 0 heterocycles. The average molecular weight is 375 g/mol. The van der Waals surface area contributed by atoms with Crippen LogP contribution in [0.3, 0.4) is 0 Å². The van der Waals surface area contributed by atoms with E-state index in [0.29, 0.717) is 16.5 Å². The second-order valence-electron chi connectivity index (χ2n) is 5.72. The molecule has 0 saturated carbocycles. The summed E-state index contributed by atoms with van der Waals surface area (Å²) in [7, 11) is 0. The highest BCUT2D eigenvalue weighted by Gasteiger charge is 2.34. The van der Waals surface area contributed by atoms with Crippen LogP contribution in [0.15, 0.2) is 42.5 Å². The van der Waals surface area contributed by atoms with Crippen LogP contribution >= 0.6 is 23.2 Å². The van der Waals surface area contributed by atoms with Gasteiger partial charge in [0.15, 0.2) is 5.78 Å². The van der Waals surface area contributed by atoms with E-state index in [4.69, 9.17) is 23.2 Å². The molecule has 0 bridgehead atoms. The highest BCUT2D eigenvalue weighted by molar-refractivity contribution is 6.35. The summed E-state index contributed by atoms with van der Waals surface area (Å²) in [6, 6.07) is 9.90. The molecular formula is C18H15Cl2F3O. The molecule has 0 aliphatic rings. The Hall–Kier alpha value is -1.52. The van der Waals surface area contributed by atoms with E-state index in [1.54, 1.807) is 25.1 Å². The first-order chi connectivity index (χ1) is 11.2. The lowest BCUT2D eigenvalue weighted by Gasteiger charge is -2.15. The zero-order valence-corrected chi connectivity index (χ0v) is 14.3. The van der Waals surface area contributed by atoms with Gasteiger partial charge in [-0.3, -0.25) is 4.79 Å². The van der Waals surface area contributed by atoms with Gasteiger partial charge in [0.2, 0.25) is 0 Å². The summed E-state index contributed by atoms with van der Waals surface area (Å²) < 4.78 is 39.0. The number of ketones is 1. The molecule has 1 atom stereocenters. The predicted octanol–water partition coefficient (Wildman–Crippen LogP) is 6.46. The first-order valence-electron chi connectivity index (χ1n) is 7.32. The lowest BCUT2D eigenvalue weighted by atomic mass is 9.92. The minimum atomic E-state index is -4.55. The predicted molar refractivity (Wildman–Crippen MR) is 89.7 cm³/mol. The molecule has 6 heteroatoms. The second kappa shape index (κ2) is 7.58. The van der Waals surface area contributed by atoms with Gasteiger partial charge in [-0.25, -0.2) is 0 Å². The molecule has 128 valence electrons. The zero-order chi connectivity index (χ0) is 17.9. The zero-order valence-electron chi connectivity index (χ0n) is 12.8. The highest BCUT2D eigenvalue weighted by atomic mass is 35.5. The van der Waals surface area contributed by atoms with Gasteiger partial charge < -0.3 is 0 Å². The molecule has 1 unspecified atom stereocenters. The fourth-order valence-electron chi connectivity index (χ4n) is 2.53. The topological polar surface area (TPSA) is 17.1 Å². The first-order valence-corrected chi connectivity index (χ1v) is 8.07. The maximum absolute atomic E-state index is 13.0. The van der Waals surface area contributed by atoms with Gasteiger partial charge in [0.05, 0.1) is 5.56 Å². The number of hydrogen-bond acceptors (Lipinski definition) is 1. The Labute approximate surface area is 148 Å². The summed E-state index contributed by atoms with van der Waals surface area (Å²) in [4.78, 5) is 12.3. The van der Waals surface area contributed by atoms with Gasteiger partial charge >= 0.3 is 6.18 Å². The summed E-state index contributed by atoms with van der Waals surface area (Å²) in [5, 5.41) is 0.990. The van der Waals surface area contributed by atoms with E-state index in [2.05, 4.69) is 0 Å². The summed E-state index contributed by atoms with van der Waals surface area (Å²) in [5.41, 5.74) is -0.378. The number of hydrogen-bond donors (Lipinski definition) is 0. The third kappa shape index (κ3) is 4.74. The molecule has 2 rings (SSSR count). The number of carbonyl (C=O) groups excluding carboxylic acids is 1.